The molecule has 5 rings (SSSR count). The Labute approximate surface area is 269 Å². The molecule has 0 N–H and O–H groups in total. The topological polar surface area (TPSA) is 98.5 Å². The van der Waals surface area contributed by atoms with Crippen LogP contribution in [-0.2, 0) is 10.8 Å². The number of nitrogens with zero attached hydrogens (tertiary/aromatic N) is 2. The zero-order chi connectivity index (χ0) is 32.3. The van der Waals surface area contributed by atoms with Gasteiger partial charge in [0, 0.05) is 52.5 Å². The molecular weight excluding hydrogens is 595 g/mol. The van der Waals surface area contributed by atoms with E-state index in [1.54, 1.807) is 0 Å². The average molecular weight is 640 g/mol. The summed E-state index contributed by atoms with van der Waals surface area (Å²) in [6.45, 7) is 16.1. The summed E-state index contributed by atoms with van der Waals surface area (Å²) in [5.74, 6) is 0. The smallest absolute Gasteiger partial charge is 0.210 e. The van der Waals surface area contributed by atoms with Gasteiger partial charge in [-0.3, -0.25) is 0 Å². The molecule has 0 saturated heterocycles. The van der Waals surface area contributed by atoms with Crippen molar-refractivity contribution in [3.8, 4) is 0 Å². The fourth-order valence-electron chi connectivity index (χ4n) is 6.73. The molecule has 0 spiro atoms. The molecule has 0 atom stereocenters. The fraction of sp³-hybridized carbons (Fsp3) is 0.417. The quantitative estimate of drug-likeness (QED) is 0.233. The minimum Gasteiger partial charge on any atom is -0.344 e. The first kappa shape index (κ1) is 34.2. The van der Waals surface area contributed by atoms with E-state index >= 15 is 0 Å². The maximum atomic E-state index is 8.49. The van der Waals surface area contributed by atoms with Crippen LogP contribution in [0.5, 0.6) is 0 Å². The van der Waals surface area contributed by atoms with Crippen LogP contribution in [0.25, 0.3) is 10.8 Å². The van der Waals surface area contributed by atoms with Crippen molar-refractivity contribution in [2.24, 2.45) is 0 Å². The molecule has 2 heterocycles. The highest BCUT2D eigenvalue weighted by Crippen LogP contribution is 2.49. The average Bonchev–Trinajstić information content (AvgIpc) is 3.29. The number of unbranched alkanes of at least 4 members (excludes halogenated alkanes) is 3. The number of rotatable bonds is 9. The second kappa shape index (κ2) is 13.7. The first-order chi connectivity index (χ1) is 20.7. The van der Waals surface area contributed by atoms with E-state index < -0.39 is 10.2 Å². The Morgan fingerprint density at radius 2 is 1.55 bits per heavy atom. The molecule has 0 saturated carbocycles. The van der Waals surface area contributed by atoms with Crippen molar-refractivity contribution in [3.63, 3.8) is 0 Å². The van der Waals surface area contributed by atoms with Crippen molar-refractivity contribution in [1.29, 1.82) is 0 Å². The number of benzene rings is 3. The number of hydrogen-bond acceptors (Lipinski definition) is 5. The molecule has 236 valence electrons. The summed E-state index contributed by atoms with van der Waals surface area (Å²) in [4.78, 5) is 2.53. The molecule has 0 radical (unpaired) electrons. The summed E-state index contributed by atoms with van der Waals surface area (Å²) < 4.78 is 36.5. The van der Waals surface area contributed by atoms with Gasteiger partial charge in [-0.15, -0.1) is 10.2 Å². The van der Waals surface area contributed by atoms with E-state index in [9.17, 15) is 0 Å². The molecule has 3 aromatic carbocycles. The zero-order valence-corrected chi connectivity index (χ0v) is 28.2. The van der Waals surface area contributed by atoms with E-state index in [2.05, 4.69) is 118 Å². The van der Waals surface area contributed by atoms with Gasteiger partial charge in [0.25, 0.3) is 0 Å². The SMILES string of the molecule is CCCCCN1C(=CC=CC2=[N+](CCCC)c3ccc4ccccc4c3C2(C)C)C(C)(C)c2cc(Cl)ccc21.[O-][Cl+3]([O-])([O-])[O-]. The van der Waals surface area contributed by atoms with Crippen LogP contribution in [0, 0.1) is 10.2 Å². The van der Waals surface area contributed by atoms with Crippen molar-refractivity contribution >= 4 is 39.5 Å². The van der Waals surface area contributed by atoms with Gasteiger partial charge in [0.1, 0.15) is 6.54 Å². The molecular formula is C36H44Cl2N2O4. The molecule has 44 heavy (non-hydrogen) atoms. The van der Waals surface area contributed by atoms with Crippen molar-refractivity contribution in [2.75, 3.05) is 18.0 Å². The van der Waals surface area contributed by atoms with E-state index in [1.807, 2.05) is 6.07 Å². The van der Waals surface area contributed by atoms with Gasteiger partial charge in [0.05, 0.1) is 5.41 Å². The Morgan fingerprint density at radius 1 is 0.864 bits per heavy atom. The van der Waals surface area contributed by atoms with Crippen LogP contribution >= 0.6 is 11.6 Å². The summed E-state index contributed by atoms with van der Waals surface area (Å²) in [7, 11) is -4.94. The highest BCUT2D eigenvalue weighted by atomic mass is 35.7. The first-order valence-corrected chi connectivity index (χ1v) is 17.1. The molecule has 0 unspecified atom stereocenters. The van der Waals surface area contributed by atoms with Crippen LogP contribution in [-0.4, -0.2) is 23.4 Å². The van der Waals surface area contributed by atoms with Crippen molar-refractivity contribution in [1.82, 2.24) is 0 Å². The number of allylic oxidation sites excluding steroid dienone is 4. The fourth-order valence-corrected chi connectivity index (χ4v) is 6.90. The van der Waals surface area contributed by atoms with Crippen LogP contribution < -0.4 is 23.5 Å². The summed E-state index contributed by atoms with van der Waals surface area (Å²) in [6.07, 6.45) is 13.1. The standard InChI is InChI=1S/C36H44ClN2.ClHO4/c1-7-9-13-24-38-30-22-20-27(37)25-29(30)35(3,4)32(38)17-14-18-33-36(5,6)34-28-16-12-11-15-26(28)19-21-31(34)39(33)23-10-8-2;2-1(3,4)5/h11-12,14-22,25H,7-10,13,23-24H2,1-6H3;(H,2,3,4,5)/q+1;/p-1. The predicted octanol–water partition coefficient (Wildman–Crippen LogP) is 5.34. The van der Waals surface area contributed by atoms with Crippen molar-refractivity contribution in [3.05, 3.63) is 94.7 Å². The predicted molar refractivity (Wildman–Crippen MR) is 170 cm³/mol. The molecule has 0 aromatic heterocycles. The van der Waals surface area contributed by atoms with E-state index in [0.29, 0.717) is 0 Å². The third kappa shape index (κ3) is 7.23. The summed E-state index contributed by atoms with van der Waals surface area (Å²) in [6, 6.07) is 19.9. The van der Waals surface area contributed by atoms with E-state index in [4.69, 9.17) is 30.2 Å². The zero-order valence-electron chi connectivity index (χ0n) is 26.7. The molecule has 2 aliphatic rings. The van der Waals surface area contributed by atoms with Gasteiger partial charge in [0.15, 0.2) is 5.71 Å². The maximum Gasteiger partial charge on any atom is 0.210 e. The van der Waals surface area contributed by atoms with Crippen LogP contribution in [0.3, 0.4) is 0 Å². The second-order valence-electron chi connectivity index (χ2n) is 12.6. The Balaban J connectivity index is 0.000000818. The number of hydrogen-bond donors (Lipinski definition) is 0. The molecule has 3 aromatic rings. The van der Waals surface area contributed by atoms with Crippen LogP contribution in [0.1, 0.15) is 84.8 Å². The minimum atomic E-state index is -4.94. The van der Waals surface area contributed by atoms with Crippen LogP contribution in [0.15, 0.2) is 78.5 Å². The molecule has 0 fully saturated rings. The second-order valence-corrected chi connectivity index (χ2v) is 13.8. The van der Waals surface area contributed by atoms with E-state index in [-0.39, 0.29) is 10.8 Å². The largest absolute Gasteiger partial charge is 0.344 e. The summed E-state index contributed by atoms with van der Waals surface area (Å²) in [5.41, 5.74) is 7.99. The molecule has 8 heteroatoms. The highest BCUT2D eigenvalue weighted by molar-refractivity contribution is 6.30. The van der Waals surface area contributed by atoms with Gasteiger partial charge in [0.2, 0.25) is 5.69 Å². The van der Waals surface area contributed by atoms with Gasteiger partial charge < -0.3 is 4.90 Å². The normalized spacial score (nSPS) is 17.8. The van der Waals surface area contributed by atoms with Gasteiger partial charge >= 0.3 is 0 Å². The van der Waals surface area contributed by atoms with Crippen LogP contribution in [0.4, 0.5) is 11.4 Å². The van der Waals surface area contributed by atoms with Crippen molar-refractivity contribution in [2.45, 2.75) is 84.5 Å². The maximum absolute atomic E-state index is 8.49. The third-order valence-corrected chi connectivity index (χ3v) is 9.07. The lowest BCUT2D eigenvalue weighted by Crippen LogP contribution is -2.68. The Bertz CT molecular complexity index is 1580. The molecule has 0 amide bonds. The van der Waals surface area contributed by atoms with E-state index in [0.717, 1.165) is 18.1 Å². The molecule has 6 nitrogen and oxygen atoms in total. The van der Waals surface area contributed by atoms with Gasteiger partial charge in [-0.25, -0.2) is 18.6 Å². The Hall–Kier alpha value is -2.71. The van der Waals surface area contributed by atoms with Gasteiger partial charge in [-0.2, -0.15) is 4.58 Å². The van der Waals surface area contributed by atoms with E-state index in [1.165, 1.54) is 76.8 Å². The molecule has 0 bridgehead atoms. The molecule has 0 aliphatic carbocycles. The summed E-state index contributed by atoms with van der Waals surface area (Å²) >= 11 is 6.48. The van der Waals surface area contributed by atoms with Crippen molar-refractivity contribution < 1.29 is 33.5 Å². The Morgan fingerprint density at radius 3 is 2.23 bits per heavy atom. The number of halogens is 2. The minimum absolute atomic E-state index is 0.0819. The van der Waals surface area contributed by atoms with Gasteiger partial charge in [-0.05, 0) is 66.9 Å². The Kier molecular flexibility index (Phi) is 10.7. The summed E-state index contributed by atoms with van der Waals surface area (Å²) in [5, 5.41) is 3.50. The highest BCUT2D eigenvalue weighted by Gasteiger charge is 2.45. The first-order valence-electron chi connectivity index (χ1n) is 15.5. The third-order valence-electron chi connectivity index (χ3n) is 8.84. The monoisotopic (exact) mass is 638 g/mol. The lowest BCUT2D eigenvalue weighted by molar-refractivity contribution is -2.00. The molecule has 2 aliphatic heterocycles. The lowest BCUT2D eigenvalue weighted by atomic mass is 9.79. The van der Waals surface area contributed by atoms with Crippen LogP contribution in [0.2, 0.25) is 5.02 Å². The number of fused-ring (bicyclic) bond motifs is 4. The van der Waals surface area contributed by atoms with Gasteiger partial charge in [-0.1, -0.05) is 88.9 Å². The number of anilines is 1. The lowest BCUT2D eigenvalue weighted by Gasteiger charge is -2.27.